The van der Waals surface area contributed by atoms with E-state index in [1.165, 1.54) is 12.0 Å². The maximum absolute atomic E-state index is 12.6. The third kappa shape index (κ3) is 3.19. The molecule has 0 fully saturated rings. The van der Waals surface area contributed by atoms with Crippen molar-refractivity contribution in [3.05, 3.63) is 69.1 Å². The molecule has 27 heavy (non-hydrogen) atoms. The molecule has 1 aliphatic heterocycles. The number of aryl methyl sites for hydroxylation is 1. The average Bonchev–Trinajstić information content (AvgIpc) is 3.04. The summed E-state index contributed by atoms with van der Waals surface area (Å²) in [6, 6.07) is 9.55. The summed E-state index contributed by atoms with van der Waals surface area (Å²) in [4.78, 5) is 26.3. The summed E-state index contributed by atoms with van der Waals surface area (Å²) >= 11 is 5.99. The molecular weight excluding hydrogens is 364 g/mol. The number of halogens is 1. The highest BCUT2D eigenvalue weighted by Gasteiger charge is 2.35. The minimum Gasteiger partial charge on any atom is -0.465 e. The number of benzene rings is 1. The van der Waals surface area contributed by atoms with Gasteiger partial charge in [-0.2, -0.15) is 0 Å². The molecule has 0 N–H and O–H groups in total. The van der Waals surface area contributed by atoms with Crippen molar-refractivity contribution >= 4 is 29.6 Å². The Balaban J connectivity index is 2.12. The second-order valence-corrected chi connectivity index (χ2v) is 6.95. The van der Waals surface area contributed by atoms with Crippen LogP contribution in [0.25, 0.3) is 11.8 Å². The summed E-state index contributed by atoms with van der Waals surface area (Å²) in [5, 5.41) is 0.673. The van der Waals surface area contributed by atoms with Gasteiger partial charge in [0.2, 0.25) is 0 Å². The van der Waals surface area contributed by atoms with Gasteiger partial charge in [0.1, 0.15) is 0 Å². The third-order valence-corrected chi connectivity index (χ3v) is 5.17. The van der Waals surface area contributed by atoms with Gasteiger partial charge < -0.3 is 14.2 Å². The highest BCUT2D eigenvalue weighted by Crippen LogP contribution is 2.32. The normalized spacial score (nSPS) is 15.9. The fourth-order valence-corrected chi connectivity index (χ4v) is 3.50. The van der Waals surface area contributed by atoms with E-state index in [0.29, 0.717) is 21.9 Å². The number of methoxy groups -OCH3 is 1. The Hall–Kier alpha value is -2.79. The molecule has 0 bridgehead atoms. The number of carbonyl (C=O) groups excluding carboxylic acids is 2. The number of nitrogens with zero attached hydrogens (tertiary/aromatic N) is 2. The summed E-state index contributed by atoms with van der Waals surface area (Å²) < 4.78 is 6.96. The summed E-state index contributed by atoms with van der Waals surface area (Å²) in [6.45, 7) is 5.71. The third-order valence-electron chi connectivity index (χ3n) is 4.91. The van der Waals surface area contributed by atoms with Crippen LogP contribution < -0.4 is 0 Å². The van der Waals surface area contributed by atoms with Gasteiger partial charge in [0.15, 0.2) is 0 Å². The number of rotatable bonds is 3. The fraction of sp³-hybridized carbons (Fsp3) is 0.238. The topological polar surface area (TPSA) is 51.5 Å². The molecule has 0 radical (unpaired) electrons. The van der Waals surface area contributed by atoms with Gasteiger partial charge in [-0.1, -0.05) is 11.6 Å². The molecule has 5 nitrogen and oxygen atoms in total. The summed E-state index contributed by atoms with van der Waals surface area (Å²) in [7, 11) is 2.97. The second-order valence-electron chi connectivity index (χ2n) is 6.51. The minimum atomic E-state index is -0.511. The van der Waals surface area contributed by atoms with Crippen LogP contribution in [-0.4, -0.2) is 35.5 Å². The first-order chi connectivity index (χ1) is 12.8. The van der Waals surface area contributed by atoms with E-state index in [9.17, 15) is 9.59 Å². The van der Waals surface area contributed by atoms with Crippen LogP contribution in [-0.2, 0) is 14.3 Å². The molecular formula is C21H21ClN2O3. The van der Waals surface area contributed by atoms with Crippen LogP contribution in [0.4, 0.5) is 0 Å². The van der Waals surface area contributed by atoms with Crippen molar-refractivity contribution in [1.29, 1.82) is 0 Å². The Morgan fingerprint density at radius 3 is 2.37 bits per heavy atom. The van der Waals surface area contributed by atoms with Crippen LogP contribution in [0.5, 0.6) is 0 Å². The Bertz CT molecular complexity index is 997. The van der Waals surface area contributed by atoms with E-state index in [4.69, 9.17) is 16.3 Å². The van der Waals surface area contributed by atoms with E-state index in [1.54, 1.807) is 20.0 Å². The number of ether oxygens (including phenoxy) is 1. The van der Waals surface area contributed by atoms with E-state index in [-0.39, 0.29) is 5.91 Å². The maximum atomic E-state index is 12.6. The van der Waals surface area contributed by atoms with E-state index in [0.717, 1.165) is 22.6 Å². The molecule has 140 valence electrons. The van der Waals surface area contributed by atoms with Crippen molar-refractivity contribution in [1.82, 2.24) is 9.47 Å². The van der Waals surface area contributed by atoms with Crippen LogP contribution >= 0.6 is 11.6 Å². The number of amides is 1. The first-order valence-corrected chi connectivity index (χ1v) is 8.88. The van der Waals surface area contributed by atoms with Crippen LogP contribution in [0.2, 0.25) is 5.02 Å². The molecule has 0 spiro atoms. The first-order valence-electron chi connectivity index (χ1n) is 8.50. The van der Waals surface area contributed by atoms with Crippen molar-refractivity contribution < 1.29 is 14.3 Å². The first kappa shape index (κ1) is 19.0. The standard InChI is InChI=1S/C21H21ClN2O3/c1-12-10-15(13(2)24(12)17-8-6-16(22)7-9-17)11-18-19(21(26)27-5)14(3)23(4)20(18)25/h6-11H,1-5H3. The maximum Gasteiger partial charge on any atom is 0.340 e. The zero-order valence-electron chi connectivity index (χ0n) is 16.0. The predicted octanol–water partition coefficient (Wildman–Crippen LogP) is 4.05. The van der Waals surface area contributed by atoms with Crippen LogP contribution in [0.1, 0.15) is 23.9 Å². The molecule has 1 aliphatic rings. The molecule has 1 aromatic heterocycles. The Morgan fingerprint density at radius 1 is 1.15 bits per heavy atom. The molecule has 1 amide bonds. The zero-order valence-corrected chi connectivity index (χ0v) is 16.7. The highest BCUT2D eigenvalue weighted by molar-refractivity contribution is 6.30. The molecule has 0 unspecified atom stereocenters. The molecule has 6 heteroatoms. The van der Waals surface area contributed by atoms with Gasteiger partial charge in [-0.3, -0.25) is 4.79 Å². The van der Waals surface area contributed by atoms with Crippen molar-refractivity contribution in [3.63, 3.8) is 0 Å². The van der Waals surface area contributed by atoms with Crippen molar-refractivity contribution in [2.75, 3.05) is 14.2 Å². The van der Waals surface area contributed by atoms with Gasteiger partial charge in [-0.25, -0.2) is 4.79 Å². The Morgan fingerprint density at radius 2 is 1.78 bits per heavy atom. The second kappa shape index (κ2) is 7.08. The Kier molecular flexibility index (Phi) is 4.98. The minimum absolute atomic E-state index is 0.218. The van der Waals surface area contributed by atoms with E-state index >= 15 is 0 Å². The molecule has 0 saturated heterocycles. The van der Waals surface area contributed by atoms with E-state index < -0.39 is 5.97 Å². The van der Waals surface area contributed by atoms with Crippen molar-refractivity contribution in [3.8, 4) is 5.69 Å². The smallest absolute Gasteiger partial charge is 0.340 e. The largest absolute Gasteiger partial charge is 0.465 e. The van der Waals surface area contributed by atoms with Gasteiger partial charge in [0, 0.05) is 34.8 Å². The number of allylic oxidation sites excluding steroid dienone is 1. The van der Waals surface area contributed by atoms with Crippen molar-refractivity contribution in [2.24, 2.45) is 0 Å². The summed E-state index contributed by atoms with van der Waals surface area (Å²) in [6.07, 6.45) is 1.76. The average molecular weight is 385 g/mol. The molecule has 3 rings (SSSR count). The molecule has 0 aliphatic carbocycles. The number of hydrogen-bond acceptors (Lipinski definition) is 3. The van der Waals surface area contributed by atoms with Crippen LogP contribution in [0.3, 0.4) is 0 Å². The zero-order chi connectivity index (χ0) is 19.9. The van der Waals surface area contributed by atoms with E-state index in [1.807, 2.05) is 44.2 Å². The van der Waals surface area contributed by atoms with Gasteiger partial charge in [-0.05, 0) is 62.7 Å². The van der Waals surface area contributed by atoms with Crippen LogP contribution in [0.15, 0.2) is 47.2 Å². The quantitative estimate of drug-likeness (QED) is 0.592. The molecule has 0 atom stereocenters. The summed E-state index contributed by atoms with van der Waals surface area (Å²) in [5.74, 6) is -0.729. The Labute approximate surface area is 163 Å². The van der Waals surface area contributed by atoms with Gasteiger partial charge in [-0.15, -0.1) is 0 Å². The predicted molar refractivity (Wildman–Crippen MR) is 106 cm³/mol. The van der Waals surface area contributed by atoms with E-state index in [2.05, 4.69) is 4.57 Å². The van der Waals surface area contributed by atoms with Crippen LogP contribution in [0, 0.1) is 13.8 Å². The van der Waals surface area contributed by atoms with Crippen molar-refractivity contribution in [2.45, 2.75) is 20.8 Å². The SMILES string of the molecule is COC(=O)C1=C(C)N(C)C(=O)C1=Cc1cc(C)n(-c2ccc(Cl)cc2)c1C. The lowest BCUT2D eigenvalue weighted by molar-refractivity contribution is -0.136. The number of likely N-dealkylation sites (N-methyl/N-ethyl adjacent to an activating group) is 1. The lowest BCUT2D eigenvalue weighted by atomic mass is 10.0. The molecule has 2 heterocycles. The molecule has 0 saturated carbocycles. The monoisotopic (exact) mass is 384 g/mol. The molecule has 1 aromatic carbocycles. The molecule has 2 aromatic rings. The lowest BCUT2D eigenvalue weighted by Gasteiger charge is -2.10. The number of hydrogen-bond donors (Lipinski definition) is 0. The fourth-order valence-electron chi connectivity index (χ4n) is 3.37. The number of carbonyl (C=O) groups is 2. The van der Waals surface area contributed by atoms with Gasteiger partial charge in [0.25, 0.3) is 5.91 Å². The lowest BCUT2D eigenvalue weighted by Crippen LogP contribution is -2.19. The summed E-state index contributed by atoms with van der Waals surface area (Å²) in [5.41, 5.74) is 5.07. The number of esters is 1. The number of aromatic nitrogens is 1. The highest BCUT2D eigenvalue weighted by atomic mass is 35.5. The van der Waals surface area contributed by atoms with Gasteiger partial charge in [0.05, 0.1) is 18.3 Å². The van der Waals surface area contributed by atoms with Gasteiger partial charge >= 0.3 is 5.97 Å².